The van der Waals surface area contributed by atoms with Crippen molar-refractivity contribution in [3.63, 3.8) is 0 Å². The first kappa shape index (κ1) is 16.3. The molecule has 0 unspecified atom stereocenters. The average Bonchev–Trinajstić information content (AvgIpc) is 2.92. The van der Waals surface area contributed by atoms with Crippen LogP contribution in [0.1, 0.15) is 12.2 Å². The van der Waals surface area contributed by atoms with Crippen molar-refractivity contribution >= 4 is 43.2 Å². The Morgan fingerprint density at radius 1 is 1.43 bits per heavy atom. The lowest BCUT2D eigenvalue weighted by Gasteiger charge is -2.10. The Kier molecular flexibility index (Phi) is 5.26. The van der Waals surface area contributed by atoms with Crippen LogP contribution in [0.5, 0.6) is 0 Å². The number of rotatable bonds is 6. The Bertz CT molecular complexity index is 719. The normalized spacial score (nSPS) is 11.7. The molecule has 1 heterocycles. The van der Waals surface area contributed by atoms with Gasteiger partial charge in [-0.05, 0) is 34.5 Å². The first-order chi connectivity index (χ1) is 9.90. The number of aryl methyl sites for hydroxylation is 1. The van der Waals surface area contributed by atoms with Gasteiger partial charge in [0.2, 0.25) is 10.0 Å². The van der Waals surface area contributed by atoms with Gasteiger partial charge in [0, 0.05) is 36.1 Å². The molecule has 0 bridgehead atoms. The molecule has 9 heteroatoms. The second-order valence-electron chi connectivity index (χ2n) is 4.34. The van der Waals surface area contributed by atoms with E-state index in [0.29, 0.717) is 23.9 Å². The number of anilines is 1. The van der Waals surface area contributed by atoms with Crippen LogP contribution in [0.4, 0.5) is 5.69 Å². The summed E-state index contributed by atoms with van der Waals surface area (Å²) in [7, 11) is -3.67. The number of benzene rings is 1. The maximum Gasteiger partial charge on any atom is 0.241 e. The number of nitrogens with two attached hydrogens (primary N) is 1. The summed E-state index contributed by atoms with van der Waals surface area (Å²) >= 11 is 9.02. The van der Waals surface area contributed by atoms with Crippen LogP contribution in [-0.4, -0.2) is 24.9 Å². The van der Waals surface area contributed by atoms with Crippen molar-refractivity contribution in [1.29, 1.82) is 0 Å². The predicted octanol–water partition coefficient (Wildman–Crippen LogP) is 2.32. The van der Waals surface area contributed by atoms with E-state index in [1.54, 1.807) is 12.4 Å². The smallest absolute Gasteiger partial charge is 0.241 e. The number of hydrogen-bond acceptors (Lipinski definition) is 4. The molecule has 6 nitrogen and oxygen atoms in total. The fourth-order valence-corrected chi connectivity index (χ4v) is 4.12. The van der Waals surface area contributed by atoms with Crippen molar-refractivity contribution in [2.24, 2.45) is 0 Å². The zero-order valence-corrected chi connectivity index (χ0v) is 14.1. The van der Waals surface area contributed by atoms with E-state index in [1.165, 1.54) is 12.1 Å². The molecule has 4 N–H and O–H groups in total. The zero-order valence-electron chi connectivity index (χ0n) is 10.9. The van der Waals surface area contributed by atoms with Gasteiger partial charge in [-0.15, -0.1) is 0 Å². The molecular formula is C12H14BrClN4O2S. The van der Waals surface area contributed by atoms with Crippen LogP contribution in [0.2, 0.25) is 5.02 Å². The molecule has 0 radical (unpaired) electrons. The van der Waals surface area contributed by atoms with Crippen LogP contribution < -0.4 is 10.5 Å². The van der Waals surface area contributed by atoms with E-state index >= 15 is 0 Å². The molecule has 0 saturated heterocycles. The van der Waals surface area contributed by atoms with Gasteiger partial charge in [-0.25, -0.2) is 18.1 Å². The minimum Gasteiger partial charge on any atom is -0.398 e. The third-order valence-electron chi connectivity index (χ3n) is 2.76. The number of nitrogen functional groups attached to an aromatic ring is 1. The molecule has 0 atom stereocenters. The topological polar surface area (TPSA) is 101 Å². The van der Waals surface area contributed by atoms with Gasteiger partial charge in [-0.3, -0.25) is 0 Å². The van der Waals surface area contributed by atoms with E-state index in [2.05, 4.69) is 30.6 Å². The first-order valence-corrected chi connectivity index (χ1v) is 8.78. The van der Waals surface area contributed by atoms with Crippen molar-refractivity contribution < 1.29 is 8.42 Å². The van der Waals surface area contributed by atoms with Crippen LogP contribution in [0.3, 0.4) is 0 Å². The fraction of sp³-hybridized carbons (Fsp3) is 0.250. The van der Waals surface area contributed by atoms with Crippen molar-refractivity contribution in [3.05, 3.63) is 39.8 Å². The Morgan fingerprint density at radius 3 is 2.86 bits per heavy atom. The Labute approximate surface area is 136 Å². The van der Waals surface area contributed by atoms with E-state index in [4.69, 9.17) is 17.3 Å². The van der Waals surface area contributed by atoms with Crippen molar-refractivity contribution in [1.82, 2.24) is 14.7 Å². The van der Waals surface area contributed by atoms with Gasteiger partial charge in [0.25, 0.3) is 0 Å². The lowest BCUT2D eigenvalue weighted by molar-refractivity contribution is 0.578. The summed E-state index contributed by atoms with van der Waals surface area (Å²) < 4.78 is 27.3. The van der Waals surface area contributed by atoms with Crippen LogP contribution in [0.25, 0.3) is 0 Å². The van der Waals surface area contributed by atoms with Gasteiger partial charge in [-0.1, -0.05) is 11.6 Å². The maximum absolute atomic E-state index is 12.2. The van der Waals surface area contributed by atoms with Gasteiger partial charge in [0.1, 0.15) is 5.82 Å². The number of nitrogens with one attached hydrogen (secondary N) is 2. The SMILES string of the molecule is Nc1cc(Cl)cc(S(=O)(=O)NCCCc2ncc[nH]2)c1Br. The van der Waals surface area contributed by atoms with E-state index in [0.717, 1.165) is 5.82 Å². The van der Waals surface area contributed by atoms with Crippen LogP contribution >= 0.6 is 27.5 Å². The number of imidazole rings is 1. The minimum atomic E-state index is -3.67. The highest BCUT2D eigenvalue weighted by Crippen LogP contribution is 2.31. The molecule has 0 aliphatic carbocycles. The molecule has 21 heavy (non-hydrogen) atoms. The number of nitrogens with zero attached hydrogens (tertiary/aromatic N) is 1. The Hall–Kier alpha value is -1.09. The summed E-state index contributed by atoms with van der Waals surface area (Å²) in [6.07, 6.45) is 4.67. The minimum absolute atomic E-state index is 0.0329. The number of sulfonamides is 1. The molecular weight excluding hydrogens is 380 g/mol. The van der Waals surface area contributed by atoms with Gasteiger partial charge in [0.15, 0.2) is 0 Å². The number of halogens is 2. The second-order valence-corrected chi connectivity index (χ2v) is 7.31. The largest absolute Gasteiger partial charge is 0.398 e. The Morgan fingerprint density at radius 2 is 2.19 bits per heavy atom. The molecule has 0 amide bonds. The van der Waals surface area contributed by atoms with E-state index in [-0.39, 0.29) is 15.6 Å². The number of hydrogen-bond donors (Lipinski definition) is 3. The van der Waals surface area contributed by atoms with E-state index < -0.39 is 10.0 Å². The van der Waals surface area contributed by atoms with Crippen LogP contribution in [-0.2, 0) is 16.4 Å². The number of aromatic nitrogens is 2. The maximum atomic E-state index is 12.2. The van der Waals surface area contributed by atoms with Crippen molar-refractivity contribution in [3.8, 4) is 0 Å². The molecule has 1 aromatic carbocycles. The highest BCUT2D eigenvalue weighted by Gasteiger charge is 2.19. The summed E-state index contributed by atoms with van der Waals surface area (Å²) in [6, 6.07) is 2.85. The second kappa shape index (κ2) is 6.78. The summed E-state index contributed by atoms with van der Waals surface area (Å²) in [6.45, 7) is 0.294. The number of H-pyrrole nitrogens is 1. The van der Waals surface area contributed by atoms with Gasteiger partial charge in [-0.2, -0.15) is 0 Å². The molecule has 0 aliphatic heterocycles. The van der Waals surface area contributed by atoms with Gasteiger partial charge in [0.05, 0.1) is 9.37 Å². The van der Waals surface area contributed by atoms with Crippen LogP contribution in [0, 0.1) is 0 Å². The van der Waals surface area contributed by atoms with Gasteiger partial charge >= 0.3 is 0 Å². The molecule has 0 spiro atoms. The summed E-state index contributed by atoms with van der Waals surface area (Å²) in [5.41, 5.74) is 5.98. The van der Waals surface area contributed by atoms with Crippen LogP contribution in [0.15, 0.2) is 33.9 Å². The summed E-state index contributed by atoms with van der Waals surface area (Å²) in [4.78, 5) is 7.07. The first-order valence-electron chi connectivity index (χ1n) is 6.12. The standard InChI is InChI=1S/C12H14BrClN4O2S/c13-12-9(15)6-8(14)7-10(12)21(19,20)18-3-1-2-11-16-4-5-17-11/h4-7,18H,1-3,15H2,(H,16,17). The number of aromatic amines is 1. The zero-order chi connectivity index (χ0) is 15.5. The highest BCUT2D eigenvalue weighted by molar-refractivity contribution is 9.10. The van der Waals surface area contributed by atoms with E-state index in [9.17, 15) is 8.42 Å². The molecule has 1 aromatic heterocycles. The third-order valence-corrected chi connectivity index (χ3v) is 5.61. The highest BCUT2D eigenvalue weighted by atomic mass is 79.9. The summed E-state index contributed by atoms with van der Waals surface area (Å²) in [5.74, 6) is 0.822. The predicted molar refractivity (Wildman–Crippen MR) is 85.7 cm³/mol. The molecule has 114 valence electrons. The lowest BCUT2D eigenvalue weighted by atomic mass is 10.3. The Balaban J connectivity index is 2.02. The third kappa shape index (κ3) is 4.19. The van der Waals surface area contributed by atoms with Gasteiger partial charge < -0.3 is 10.7 Å². The molecule has 0 fully saturated rings. The molecule has 2 aromatic rings. The fourth-order valence-electron chi connectivity index (χ4n) is 1.75. The quantitative estimate of drug-likeness (QED) is 0.518. The monoisotopic (exact) mass is 392 g/mol. The molecule has 0 saturated carbocycles. The lowest BCUT2D eigenvalue weighted by Crippen LogP contribution is -2.25. The van der Waals surface area contributed by atoms with Crippen molar-refractivity contribution in [2.75, 3.05) is 12.3 Å². The average molecular weight is 394 g/mol. The molecule has 2 rings (SSSR count). The van der Waals surface area contributed by atoms with Crippen molar-refractivity contribution in [2.45, 2.75) is 17.7 Å². The molecule has 0 aliphatic rings. The van der Waals surface area contributed by atoms with E-state index in [1.807, 2.05) is 0 Å². The summed E-state index contributed by atoms with van der Waals surface area (Å²) in [5, 5.41) is 0.270.